The van der Waals surface area contributed by atoms with Gasteiger partial charge in [-0.05, 0) is 24.0 Å². The Labute approximate surface area is 84.8 Å². The predicted octanol–water partition coefficient (Wildman–Crippen LogP) is 3.98. The van der Waals surface area contributed by atoms with Gasteiger partial charge >= 0.3 is 6.18 Å². The van der Waals surface area contributed by atoms with Gasteiger partial charge in [0.2, 0.25) is 0 Å². The number of hydrogen-bond acceptors (Lipinski definition) is 1. The zero-order valence-electron chi connectivity index (χ0n) is 7.56. The normalized spacial score (nSPS) is 11.4. The first kappa shape index (κ1) is 11.2. The van der Waals surface area contributed by atoms with Crippen LogP contribution in [0.5, 0.6) is 0 Å². The zero-order chi connectivity index (χ0) is 10.8. The molecule has 0 aliphatic heterocycles. The van der Waals surface area contributed by atoms with Gasteiger partial charge in [0.1, 0.15) is 0 Å². The van der Waals surface area contributed by atoms with Crippen molar-refractivity contribution in [2.45, 2.75) is 11.1 Å². The first-order valence-corrected chi connectivity index (χ1v) is 5.08. The van der Waals surface area contributed by atoms with Crippen molar-refractivity contribution in [2.75, 3.05) is 6.26 Å². The van der Waals surface area contributed by atoms with Crippen molar-refractivity contribution in [3.63, 3.8) is 0 Å². The van der Waals surface area contributed by atoms with Crippen LogP contribution in [0.15, 0.2) is 35.7 Å². The van der Waals surface area contributed by atoms with E-state index in [2.05, 4.69) is 6.58 Å². The molecular formula is C10H9F3S. The maximum Gasteiger partial charge on any atom is 0.416 e. The lowest BCUT2D eigenvalue weighted by molar-refractivity contribution is -0.0686. The summed E-state index contributed by atoms with van der Waals surface area (Å²) < 4.78 is 36.8. The summed E-state index contributed by atoms with van der Waals surface area (Å²) >= 11 is 1.40. The highest BCUT2D eigenvalue weighted by Crippen LogP contribution is 2.33. The molecule has 0 spiro atoms. The summed E-state index contributed by atoms with van der Waals surface area (Å²) in [5.74, 6) is 0. The van der Waals surface area contributed by atoms with Crippen molar-refractivity contribution in [1.82, 2.24) is 0 Å². The van der Waals surface area contributed by atoms with Crippen LogP contribution in [0.3, 0.4) is 0 Å². The maximum atomic E-state index is 12.3. The molecule has 0 bridgehead atoms. The summed E-state index contributed by atoms with van der Waals surface area (Å²) in [5.41, 5.74) is -0.669. The monoisotopic (exact) mass is 218 g/mol. The summed E-state index contributed by atoms with van der Waals surface area (Å²) in [4.78, 5) is 0.799. The van der Waals surface area contributed by atoms with Gasteiger partial charge in [-0.2, -0.15) is 13.2 Å². The molecule has 1 rings (SSSR count). The third kappa shape index (κ3) is 2.54. The Kier molecular flexibility index (Phi) is 3.26. The highest BCUT2D eigenvalue weighted by Gasteiger charge is 2.32. The molecule has 1 aromatic rings. The number of rotatable bonds is 2. The molecule has 0 aliphatic carbocycles. The fraction of sp³-hybridized carbons (Fsp3) is 0.200. The van der Waals surface area contributed by atoms with Crippen LogP contribution in [0.2, 0.25) is 0 Å². The standard InChI is InChI=1S/C10H9F3S/c1-7(10(11,12)13)8-4-3-5-9(6-8)14-2/h3-6H,1H2,2H3. The van der Waals surface area contributed by atoms with Gasteiger partial charge in [-0.3, -0.25) is 0 Å². The summed E-state index contributed by atoms with van der Waals surface area (Å²) in [7, 11) is 0. The van der Waals surface area contributed by atoms with E-state index < -0.39 is 11.7 Å². The van der Waals surface area contributed by atoms with Crippen molar-refractivity contribution in [1.29, 1.82) is 0 Å². The third-order valence-corrected chi connectivity index (χ3v) is 2.49. The van der Waals surface area contributed by atoms with E-state index in [-0.39, 0.29) is 5.56 Å². The Morgan fingerprint density at radius 2 is 2.00 bits per heavy atom. The van der Waals surface area contributed by atoms with Crippen molar-refractivity contribution < 1.29 is 13.2 Å². The van der Waals surface area contributed by atoms with E-state index in [9.17, 15) is 13.2 Å². The second-order valence-corrected chi connectivity index (χ2v) is 3.59. The minimum atomic E-state index is -4.35. The highest BCUT2D eigenvalue weighted by molar-refractivity contribution is 7.98. The van der Waals surface area contributed by atoms with Crippen molar-refractivity contribution >= 4 is 17.3 Å². The molecule has 0 atom stereocenters. The van der Waals surface area contributed by atoms with Crippen LogP contribution < -0.4 is 0 Å². The second-order valence-electron chi connectivity index (χ2n) is 2.71. The van der Waals surface area contributed by atoms with Gasteiger partial charge in [0.15, 0.2) is 0 Å². The Hall–Kier alpha value is -0.900. The number of allylic oxidation sites excluding steroid dienone is 1. The maximum absolute atomic E-state index is 12.3. The summed E-state index contributed by atoms with van der Waals surface area (Å²) in [5, 5.41) is 0. The molecule has 0 fully saturated rings. The van der Waals surface area contributed by atoms with Crippen LogP contribution in [-0.4, -0.2) is 12.4 Å². The highest BCUT2D eigenvalue weighted by atomic mass is 32.2. The van der Waals surface area contributed by atoms with Crippen molar-refractivity contribution in [3.8, 4) is 0 Å². The average molecular weight is 218 g/mol. The molecule has 0 N–H and O–H groups in total. The average Bonchev–Trinajstić information content (AvgIpc) is 2.15. The number of benzene rings is 1. The van der Waals surface area contributed by atoms with Gasteiger partial charge in [0.25, 0.3) is 0 Å². The molecule has 0 saturated carbocycles. The molecule has 0 saturated heterocycles. The molecule has 4 heteroatoms. The largest absolute Gasteiger partial charge is 0.416 e. The molecule has 0 unspecified atom stereocenters. The van der Waals surface area contributed by atoms with Gasteiger partial charge in [0, 0.05) is 4.90 Å². The SMILES string of the molecule is C=C(c1cccc(SC)c1)C(F)(F)F. The van der Waals surface area contributed by atoms with Crippen molar-refractivity contribution in [3.05, 3.63) is 36.4 Å². The van der Waals surface area contributed by atoms with Gasteiger partial charge in [0.05, 0.1) is 5.57 Å². The van der Waals surface area contributed by atoms with Gasteiger partial charge < -0.3 is 0 Å². The lowest BCUT2D eigenvalue weighted by Crippen LogP contribution is -2.09. The molecule has 14 heavy (non-hydrogen) atoms. The second kappa shape index (κ2) is 4.09. The number of halogens is 3. The third-order valence-electron chi connectivity index (χ3n) is 1.76. The molecule has 76 valence electrons. The quantitative estimate of drug-likeness (QED) is 0.676. The minimum absolute atomic E-state index is 0.129. The zero-order valence-corrected chi connectivity index (χ0v) is 8.38. The topological polar surface area (TPSA) is 0 Å². The van der Waals surface area contributed by atoms with Gasteiger partial charge in [-0.25, -0.2) is 0 Å². The van der Waals surface area contributed by atoms with E-state index in [0.29, 0.717) is 0 Å². The Morgan fingerprint density at radius 1 is 1.36 bits per heavy atom. The number of alkyl halides is 3. The van der Waals surface area contributed by atoms with Gasteiger partial charge in [-0.1, -0.05) is 18.7 Å². The first-order valence-electron chi connectivity index (χ1n) is 3.85. The summed E-state index contributed by atoms with van der Waals surface area (Å²) in [6.07, 6.45) is -2.54. The van der Waals surface area contributed by atoms with E-state index in [0.717, 1.165) is 4.90 Å². The van der Waals surface area contributed by atoms with Crippen molar-refractivity contribution in [2.24, 2.45) is 0 Å². The molecule has 0 aliphatic rings. The fourth-order valence-electron chi connectivity index (χ4n) is 0.974. The molecule has 0 aromatic heterocycles. The number of thioether (sulfide) groups is 1. The summed E-state index contributed by atoms with van der Waals surface area (Å²) in [6, 6.07) is 6.26. The molecule has 0 radical (unpaired) electrons. The van der Waals surface area contributed by atoms with E-state index in [1.807, 2.05) is 6.26 Å². The van der Waals surface area contributed by atoms with Crippen LogP contribution in [0.25, 0.3) is 5.57 Å². The molecule has 0 heterocycles. The Balaban J connectivity index is 3.02. The van der Waals surface area contributed by atoms with E-state index in [1.54, 1.807) is 12.1 Å². The van der Waals surface area contributed by atoms with E-state index in [1.165, 1.54) is 23.9 Å². The molecule has 1 aromatic carbocycles. The first-order chi connectivity index (χ1) is 6.45. The van der Waals surface area contributed by atoms with Crippen LogP contribution in [0, 0.1) is 0 Å². The van der Waals surface area contributed by atoms with Gasteiger partial charge in [-0.15, -0.1) is 11.8 Å². The minimum Gasteiger partial charge on any atom is -0.166 e. The van der Waals surface area contributed by atoms with Crippen LogP contribution in [-0.2, 0) is 0 Å². The Bertz CT molecular complexity index is 341. The summed E-state index contributed by atoms with van der Waals surface area (Å²) in [6.45, 7) is 3.04. The van der Waals surface area contributed by atoms with Crippen LogP contribution in [0.1, 0.15) is 5.56 Å². The Morgan fingerprint density at radius 3 is 2.50 bits per heavy atom. The number of hydrogen-bond donors (Lipinski definition) is 0. The smallest absolute Gasteiger partial charge is 0.166 e. The van der Waals surface area contributed by atoms with E-state index >= 15 is 0 Å². The molecule has 0 amide bonds. The lowest BCUT2D eigenvalue weighted by Gasteiger charge is -2.10. The predicted molar refractivity (Wildman–Crippen MR) is 53.3 cm³/mol. The van der Waals surface area contributed by atoms with Crippen LogP contribution >= 0.6 is 11.8 Å². The fourth-order valence-corrected chi connectivity index (χ4v) is 1.43. The lowest BCUT2D eigenvalue weighted by atomic mass is 10.1. The van der Waals surface area contributed by atoms with Crippen LogP contribution in [0.4, 0.5) is 13.2 Å². The van der Waals surface area contributed by atoms with E-state index in [4.69, 9.17) is 0 Å². The molecular weight excluding hydrogens is 209 g/mol. The molecule has 0 nitrogen and oxygen atoms in total.